The van der Waals surface area contributed by atoms with Crippen molar-refractivity contribution in [2.45, 2.75) is 13.0 Å². The van der Waals surface area contributed by atoms with Crippen molar-refractivity contribution in [3.63, 3.8) is 0 Å². The van der Waals surface area contributed by atoms with Gasteiger partial charge in [-0.2, -0.15) is 0 Å². The van der Waals surface area contributed by atoms with E-state index in [2.05, 4.69) is 5.32 Å². The molecule has 1 atom stereocenters. The number of ether oxygens (including phenoxy) is 2. The SMILES string of the molecule is COc1cccc(OC)c1C(=O)N1CCNCC1C. The second kappa shape index (κ2) is 5.93. The Balaban J connectivity index is 2.36. The molecule has 0 saturated carbocycles. The van der Waals surface area contributed by atoms with E-state index in [0.717, 1.165) is 13.1 Å². The van der Waals surface area contributed by atoms with Gasteiger partial charge >= 0.3 is 0 Å². The maximum absolute atomic E-state index is 12.7. The smallest absolute Gasteiger partial charge is 0.261 e. The summed E-state index contributed by atoms with van der Waals surface area (Å²) < 4.78 is 10.6. The number of amides is 1. The molecule has 0 radical (unpaired) electrons. The highest BCUT2D eigenvalue weighted by Crippen LogP contribution is 2.30. The Hall–Kier alpha value is -1.75. The van der Waals surface area contributed by atoms with Crippen molar-refractivity contribution in [1.82, 2.24) is 10.2 Å². The molecule has 5 nitrogen and oxygen atoms in total. The molecule has 0 spiro atoms. The first-order chi connectivity index (χ1) is 9.19. The van der Waals surface area contributed by atoms with Gasteiger partial charge in [0.15, 0.2) is 0 Å². The van der Waals surface area contributed by atoms with Crippen molar-refractivity contribution in [2.75, 3.05) is 33.9 Å². The fourth-order valence-electron chi connectivity index (χ4n) is 2.35. The van der Waals surface area contributed by atoms with E-state index in [9.17, 15) is 4.79 Å². The predicted molar refractivity (Wildman–Crippen MR) is 72.9 cm³/mol. The average molecular weight is 264 g/mol. The summed E-state index contributed by atoms with van der Waals surface area (Å²) in [5.74, 6) is 1.06. The number of benzene rings is 1. The molecule has 1 unspecified atom stereocenters. The van der Waals surface area contributed by atoms with E-state index in [0.29, 0.717) is 23.6 Å². The minimum absolute atomic E-state index is 0.0386. The van der Waals surface area contributed by atoms with Crippen LogP contribution in [0.1, 0.15) is 17.3 Å². The molecule has 1 aromatic rings. The van der Waals surface area contributed by atoms with Crippen molar-refractivity contribution in [2.24, 2.45) is 0 Å². The van der Waals surface area contributed by atoms with Crippen LogP contribution < -0.4 is 14.8 Å². The van der Waals surface area contributed by atoms with Gasteiger partial charge in [-0.1, -0.05) is 6.07 Å². The number of nitrogens with one attached hydrogen (secondary N) is 1. The third-order valence-corrected chi connectivity index (χ3v) is 3.40. The summed E-state index contributed by atoms with van der Waals surface area (Å²) >= 11 is 0. The van der Waals surface area contributed by atoms with Gasteiger partial charge in [0, 0.05) is 25.7 Å². The van der Waals surface area contributed by atoms with Gasteiger partial charge in [-0.25, -0.2) is 0 Å². The Labute approximate surface area is 113 Å². The van der Waals surface area contributed by atoms with E-state index in [-0.39, 0.29) is 11.9 Å². The van der Waals surface area contributed by atoms with Crippen LogP contribution in [0.3, 0.4) is 0 Å². The third-order valence-electron chi connectivity index (χ3n) is 3.40. The molecule has 5 heteroatoms. The second-order valence-electron chi connectivity index (χ2n) is 4.59. The van der Waals surface area contributed by atoms with Crippen molar-refractivity contribution >= 4 is 5.91 Å². The Morgan fingerprint density at radius 2 is 1.95 bits per heavy atom. The summed E-state index contributed by atoms with van der Waals surface area (Å²) in [6, 6.07) is 5.54. The average Bonchev–Trinajstić information content (AvgIpc) is 2.46. The number of carbonyl (C=O) groups excluding carboxylic acids is 1. The van der Waals surface area contributed by atoms with Crippen LogP contribution >= 0.6 is 0 Å². The molecule has 1 aromatic carbocycles. The number of rotatable bonds is 3. The normalized spacial score (nSPS) is 19.1. The van der Waals surface area contributed by atoms with Gasteiger partial charge in [0.05, 0.1) is 14.2 Å². The highest BCUT2D eigenvalue weighted by molar-refractivity contribution is 6.00. The first-order valence-electron chi connectivity index (χ1n) is 6.41. The molecule has 0 bridgehead atoms. The number of methoxy groups -OCH3 is 2. The number of carbonyl (C=O) groups is 1. The zero-order valence-electron chi connectivity index (χ0n) is 11.6. The molecule has 0 aromatic heterocycles. The van der Waals surface area contributed by atoms with Gasteiger partial charge in [-0.15, -0.1) is 0 Å². The van der Waals surface area contributed by atoms with Crippen molar-refractivity contribution in [1.29, 1.82) is 0 Å². The highest BCUT2D eigenvalue weighted by Gasteiger charge is 2.28. The number of piperazine rings is 1. The van der Waals surface area contributed by atoms with Crippen molar-refractivity contribution < 1.29 is 14.3 Å². The van der Waals surface area contributed by atoms with Crippen LogP contribution in [0.25, 0.3) is 0 Å². The molecule has 1 aliphatic heterocycles. The van der Waals surface area contributed by atoms with Gasteiger partial charge in [0.1, 0.15) is 17.1 Å². The van der Waals surface area contributed by atoms with E-state index in [1.165, 1.54) is 0 Å². The lowest BCUT2D eigenvalue weighted by Gasteiger charge is -2.34. The van der Waals surface area contributed by atoms with Gasteiger partial charge in [-0.05, 0) is 19.1 Å². The molecule has 2 rings (SSSR count). The first-order valence-corrected chi connectivity index (χ1v) is 6.41. The fourth-order valence-corrected chi connectivity index (χ4v) is 2.35. The van der Waals surface area contributed by atoms with Crippen molar-refractivity contribution in [3.8, 4) is 11.5 Å². The van der Waals surface area contributed by atoms with Crippen molar-refractivity contribution in [3.05, 3.63) is 23.8 Å². The molecule has 1 aliphatic rings. The Morgan fingerprint density at radius 1 is 1.32 bits per heavy atom. The van der Waals surface area contributed by atoms with E-state index >= 15 is 0 Å². The molecule has 0 aliphatic carbocycles. The van der Waals surface area contributed by atoms with Gasteiger partial charge in [0.25, 0.3) is 5.91 Å². The molecule has 19 heavy (non-hydrogen) atoms. The molecule has 1 fully saturated rings. The van der Waals surface area contributed by atoms with E-state index < -0.39 is 0 Å². The summed E-state index contributed by atoms with van der Waals surface area (Å²) in [4.78, 5) is 14.6. The lowest BCUT2D eigenvalue weighted by molar-refractivity contribution is 0.0649. The van der Waals surface area contributed by atoms with Gasteiger partial charge in [-0.3, -0.25) is 4.79 Å². The number of hydrogen-bond donors (Lipinski definition) is 1. The maximum atomic E-state index is 12.7. The van der Waals surface area contributed by atoms with Crippen LogP contribution in [0.15, 0.2) is 18.2 Å². The zero-order valence-corrected chi connectivity index (χ0v) is 11.6. The molecule has 1 N–H and O–H groups in total. The van der Waals surface area contributed by atoms with Crippen LogP contribution in [0.5, 0.6) is 11.5 Å². The summed E-state index contributed by atoms with van der Waals surface area (Å²) in [7, 11) is 3.12. The maximum Gasteiger partial charge on any atom is 0.261 e. The molecule has 1 amide bonds. The van der Waals surface area contributed by atoms with Crippen LogP contribution in [0.2, 0.25) is 0 Å². The summed E-state index contributed by atoms with van der Waals surface area (Å²) in [5.41, 5.74) is 0.501. The van der Waals surface area contributed by atoms with Gasteiger partial charge < -0.3 is 19.7 Å². The third kappa shape index (κ3) is 2.66. The zero-order chi connectivity index (χ0) is 13.8. The number of hydrogen-bond acceptors (Lipinski definition) is 4. The van der Waals surface area contributed by atoms with Gasteiger partial charge in [0.2, 0.25) is 0 Å². The Kier molecular flexibility index (Phi) is 4.27. The summed E-state index contributed by atoms with van der Waals surface area (Å²) in [6.07, 6.45) is 0. The van der Waals surface area contributed by atoms with Crippen LogP contribution in [0, 0.1) is 0 Å². The second-order valence-corrected chi connectivity index (χ2v) is 4.59. The molecule has 1 heterocycles. The standard InChI is InChI=1S/C14H20N2O3/c1-10-9-15-7-8-16(10)14(17)13-11(18-2)5-4-6-12(13)19-3/h4-6,10,15H,7-9H2,1-3H3. The first kappa shape index (κ1) is 13.7. The summed E-state index contributed by atoms with van der Waals surface area (Å²) in [5, 5.41) is 3.27. The molecule has 1 saturated heterocycles. The Bertz CT molecular complexity index is 440. The van der Waals surface area contributed by atoms with E-state index in [1.54, 1.807) is 26.4 Å². The lowest BCUT2D eigenvalue weighted by Crippen LogP contribution is -2.52. The highest BCUT2D eigenvalue weighted by atomic mass is 16.5. The predicted octanol–water partition coefficient (Wildman–Crippen LogP) is 1.14. The monoisotopic (exact) mass is 264 g/mol. The molecule has 104 valence electrons. The quantitative estimate of drug-likeness (QED) is 0.889. The van der Waals surface area contributed by atoms with Crippen LogP contribution in [-0.2, 0) is 0 Å². The molecular formula is C14H20N2O3. The minimum Gasteiger partial charge on any atom is -0.496 e. The number of nitrogens with zero attached hydrogens (tertiary/aromatic N) is 1. The van der Waals surface area contributed by atoms with E-state index in [1.807, 2.05) is 17.9 Å². The largest absolute Gasteiger partial charge is 0.496 e. The Morgan fingerprint density at radius 3 is 2.47 bits per heavy atom. The minimum atomic E-state index is -0.0386. The summed E-state index contributed by atoms with van der Waals surface area (Å²) in [6.45, 7) is 4.35. The van der Waals surface area contributed by atoms with E-state index in [4.69, 9.17) is 9.47 Å². The topological polar surface area (TPSA) is 50.8 Å². The van der Waals surface area contributed by atoms with Crippen LogP contribution in [0.4, 0.5) is 0 Å². The molecular weight excluding hydrogens is 244 g/mol. The fraction of sp³-hybridized carbons (Fsp3) is 0.500. The van der Waals surface area contributed by atoms with Crippen LogP contribution in [-0.4, -0.2) is 50.7 Å². The lowest BCUT2D eigenvalue weighted by atomic mass is 10.1.